The molecule has 0 bridgehead atoms. The molecule has 0 amide bonds. The van der Waals surface area contributed by atoms with E-state index in [1.807, 2.05) is 24.3 Å². The monoisotopic (exact) mass is 306 g/mol. The van der Waals surface area contributed by atoms with E-state index in [0.29, 0.717) is 24.4 Å². The fourth-order valence-corrected chi connectivity index (χ4v) is 3.29. The van der Waals surface area contributed by atoms with Crippen LogP contribution in [0.5, 0.6) is 11.5 Å². The summed E-state index contributed by atoms with van der Waals surface area (Å²) >= 11 is 0. The molecule has 0 atom stereocenters. The second-order valence-electron chi connectivity index (χ2n) is 3.54. The van der Waals surface area contributed by atoms with E-state index >= 15 is 0 Å². The molecular formula is C14H10O4S2. The van der Waals surface area contributed by atoms with Crippen LogP contribution in [-0.4, -0.2) is 12.9 Å². The Morgan fingerprint density at radius 1 is 0.650 bits per heavy atom. The Balaban J connectivity index is 1.90. The predicted molar refractivity (Wildman–Crippen MR) is 78.0 cm³/mol. The first-order valence-corrected chi connectivity index (χ1v) is 7.72. The summed E-state index contributed by atoms with van der Waals surface area (Å²) < 4.78 is 9.44. The lowest BCUT2D eigenvalue weighted by atomic mass is 10.3. The zero-order chi connectivity index (χ0) is 14.2. The van der Waals surface area contributed by atoms with E-state index in [4.69, 9.17) is 9.47 Å². The van der Waals surface area contributed by atoms with E-state index in [-0.39, 0.29) is 0 Å². The Morgan fingerprint density at radius 2 is 1.00 bits per heavy atom. The summed E-state index contributed by atoms with van der Waals surface area (Å²) in [4.78, 5) is 22.4. The molecule has 0 aliphatic heterocycles. The quantitative estimate of drug-likeness (QED) is 0.576. The molecule has 0 aromatic heterocycles. The Hall–Kier alpha value is -1.92. The largest absolute Gasteiger partial charge is 0.429 e. The van der Waals surface area contributed by atoms with E-state index in [9.17, 15) is 9.59 Å². The zero-order valence-corrected chi connectivity index (χ0v) is 11.9. The van der Waals surface area contributed by atoms with Gasteiger partial charge in [0.1, 0.15) is 11.5 Å². The number of carbonyl (C=O) groups is 2. The normalized spacial score (nSPS) is 9.80. The van der Waals surface area contributed by atoms with Gasteiger partial charge < -0.3 is 9.47 Å². The van der Waals surface area contributed by atoms with Crippen molar-refractivity contribution in [3.8, 4) is 11.5 Å². The summed E-state index contributed by atoms with van der Waals surface area (Å²) in [6.45, 7) is 0.805. The van der Waals surface area contributed by atoms with Gasteiger partial charge in [0.05, 0.1) is 0 Å². The Kier molecular flexibility index (Phi) is 5.52. The lowest BCUT2D eigenvalue weighted by molar-refractivity contribution is -0.121. The van der Waals surface area contributed by atoms with Gasteiger partial charge in [0, 0.05) is 9.79 Å². The van der Waals surface area contributed by atoms with Gasteiger partial charge in [0.25, 0.3) is 12.9 Å². The molecule has 0 spiro atoms. The second kappa shape index (κ2) is 7.62. The van der Waals surface area contributed by atoms with Crippen LogP contribution >= 0.6 is 21.6 Å². The summed E-state index contributed by atoms with van der Waals surface area (Å²) in [6.07, 6.45) is 0. The standard InChI is InChI=1S/C14H10O4S2/c15-9-17-11-1-5-13(6-2-11)19-20-14-7-3-12(4-8-14)18-10-16/h1-10H. The van der Waals surface area contributed by atoms with Gasteiger partial charge in [0.2, 0.25) is 0 Å². The lowest BCUT2D eigenvalue weighted by Crippen LogP contribution is -1.87. The van der Waals surface area contributed by atoms with Crippen LogP contribution in [0.4, 0.5) is 0 Å². The van der Waals surface area contributed by atoms with E-state index in [1.165, 1.54) is 0 Å². The van der Waals surface area contributed by atoms with Gasteiger partial charge in [-0.25, -0.2) is 0 Å². The van der Waals surface area contributed by atoms with Crippen molar-refractivity contribution in [2.75, 3.05) is 0 Å². The predicted octanol–water partition coefficient (Wildman–Crippen LogP) is 3.56. The molecule has 102 valence electrons. The number of rotatable bonds is 7. The van der Waals surface area contributed by atoms with Crippen LogP contribution in [0.25, 0.3) is 0 Å². The molecule has 0 fully saturated rings. The van der Waals surface area contributed by atoms with Gasteiger partial charge in [-0.2, -0.15) is 0 Å². The molecule has 0 radical (unpaired) electrons. The third-order valence-electron chi connectivity index (χ3n) is 2.25. The van der Waals surface area contributed by atoms with Crippen molar-refractivity contribution < 1.29 is 19.1 Å². The Morgan fingerprint density at radius 3 is 1.30 bits per heavy atom. The van der Waals surface area contributed by atoms with Crippen LogP contribution in [0.2, 0.25) is 0 Å². The molecule has 0 N–H and O–H groups in total. The van der Waals surface area contributed by atoms with Crippen LogP contribution in [-0.2, 0) is 9.59 Å². The average Bonchev–Trinajstić information content (AvgIpc) is 2.49. The lowest BCUT2D eigenvalue weighted by Gasteiger charge is -2.03. The van der Waals surface area contributed by atoms with Crippen molar-refractivity contribution in [1.29, 1.82) is 0 Å². The second-order valence-corrected chi connectivity index (χ2v) is 5.81. The van der Waals surface area contributed by atoms with Gasteiger partial charge in [-0.3, -0.25) is 9.59 Å². The molecule has 0 unspecified atom stereocenters. The van der Waals surface area contributed by atoms with Crippen molar-refractivity contribution in [3.63, 3.8) is 0 Å². The fraction of sp³-hybridized carbons (Fsp3) is 0. The Labute approximate surface area is 123 Å². The summed E-state index contributed by atoms with van der Waals surface area (Å²) in [5, 5.41) is 0. The summed E-state index contributed by atoms with van der Waals surface area (Å²) in [5.41, 5.74) is 0. The highest BCUT2D eigenvalue weighted by atomic mass is 33.1. The van der Waals surface area contributed by atoms with Crippen LogP contribution in [0.1, 0.15) is 0 Å². The number of ether oxygens (including phenoxy) is 2. The third kappa shape index (κ3) is 4.32. The molecule has 2 aromatic rings. The van der Waals surface area contributed by atoms with Crippen molar-refractivity contribution in [2.45, 2.75) is 9.79 Å². The molecule has 0 heterocycles. The topological polar surface area (TPSA) is 52.6 Å². The summed E-state index contributed by atoms with van der Waals surface area (Å²) in [7, 11) is 3.16. The summed E-state index contributed by atoms with van der Waals surface area (Å²) in [5.74, 6) is 1.04. The van der Waals surface area contributed by atoms with Gasteiger partial charge in [-0.05, 0) is 48.5 Å². The SMILES string of the molecule is O=COc1ccc(SSc2ccc(OC=O)cc2)cc1. The minimum atomic E-state index is 0.403. The highest BCUT2D eigenvalue weighted by molar-refractivity contribution is 8.76. The third-order valence-corrected chi connectivity index (χ3v) is 4.67. The zero-order valence-electron chi connectivity index (χ0n) is 10.2. The van der Waals surface area contributed by atoms with E-state index in [0.717, 1.165) is 9.79 Å². The fourth-order valence-electron chi connectivity index (χ4n) is 1.35. The van der Waals surface area contributed by atoms with Gasteiger partial charge >= 0.3 is 0 Å². The maximum atomic E-state index is 10.2. The van der Waals surface area contributed by atoms with Crippen molar-refractivity contribution in [3.05, 3.63) is 48.5 Å². The molecule has 0 saturated heterocycles. The highest BCUT2D eigenvalue weighted by Gasteiger charge is 2.00. The van der Waals surface area contributed by atoms with Crippen LogP contribution in [0.3, 0.4) is 0 Å². The summed E-state index contributed by atoms with van der Waals surface area (Å²) in [6, 6.07) is 14.4. The molecule has 0 aliphatic rings. The highest BCUT2D eigenvalue weighted by Crippen LogP contribution is 2.38. The van der Waals surface area contributed by atoms with E-state index < -0.39 is 0 Å². The van der Waals surface area contributed by atoms with Gasteiger partial charge in [0.15, 0.2) is 0 Å². The Bertz CT molecular complexity index is 513. The maximum absolute atomic E-state index is 10.2. The van der Waals surface area contributed by atoms with Crippen molar-refractivity contribution in [1.82, 2.24) is 0 Å². The minimum absolute atomic E-state index is 0.403. The maximum Gasteiger partial charge on any atom is 0.298 e. The molecular weight excluding hydrogens is 296 g/mol. The molecule has 2 aromatic carbocycles. The minimum Gasteiger partial charge on any atom is -0.429 e. The number of hydrogen-bond acceptors (Lipinski definition) is 6. The number of hydrogen-bond donors (Lipinski definition) is 0. The molecule has 2 rings (SSSR count). The number of carbonyl (C=O) groups excluding carboxylic acids is 2. The van der Waals surface area contributed by atoms with E-state index in [2.05, 4.69) is 0 Å². The molecule has 0 saturated carbocycles. The molecule has 6 heteroatoms. The van der Waals surface area contributed by atoms with Gasteiger partial charge in [-0.15, -0.1) is 0 Å². The van der Waals surface area contributed by atoms with Crippen molar-refractivity contribution >= 4 is 34.5 Å². The molecule has 4 nitrogen and oxygen atoms in total. The van der Waals surface area contributed by atoms with Gasteiger partial charge in [-0.1, -0.05) is 21.6 Å². The smallest absolute Gasteiger partial charge is 0.298 e. The number of benzene rings is 2. The van der Waals surface area contributed by atoms with Crippen molar-refractivity contribution in [2.24, 2.45) is 0 Å². The molecule has 20 heavy (non-hydrogen) atoms. The molecule has 0 aliphatic carbocycles. The van der Waals surface area contributed by atoms with E-state index in [1.54, 1.807) is 45.9 Å². The first kappa shape index (κ1) is 14.5. The van der Waals surface area contributed by atoms with Crippen LogP contribution < -0.4 is 9.47 Å². The van der Waals surface area contributed by atoms with Crippen LogP contribution in [0.15, 0.2) is 58.3 Å². The first-order chi connectivity index (χ1) is 9.81. The first-order valence-electron chi connectivity index (χ1n) is 5.57. The average molecular weight is 306 g/mol. The van der Waals surface area contributed by atoms with Crippen LogP contribution in [0, 0.1) is 0 Å².